The highest BCUT2D eigenvalue weighted by molar-refractivity contribution is 5.81. The van der Waals surface area contributed by atoms with E-state index in [2.05, 4.69) is 10.2 Å². The van der Waals surface area contributed by atoms with Gasteiger partial charge in [-0.2, -0.15) is 18.7 Å². The van der Waals surface area contributed by atoms with Gasteiger partial charge in [0.15, 0.2) is 6.61 Å². The van der Waals surface area contributed by atoms with E-state index in [1.165, 1.54) is 6.92 Å². The third kappa shape index (κ3) is 7.47. The van der Waals surface area contributed by atoms with E-state index in [9.17, 15) is 18.0 Å². The summed E-state index contributed by atoms with van der Waals surface area (Å²) in [6.07, 6.45) is -3.65. The van der Waals surface area contributed by atoms with Crippen molar-refractivity contribution in [1.82, 2.24) is 10.8 Å². The van der Waals surface area contributed by atoms with Gasteiger partial charge in [0.25, 0.3) is 0 Å². The van der Waals surface area contributed by atoms with Gasteiger partial charge in [-0.15, -0.1) is 0 Å². The number of hydrogen-bond donors (Lipinski definition) is 2. The Morgan fingerprint density at radius 3 is 2.38 bits per heavy atom. The van der Waals surface area contributed by atoms with E-state index >= 15 is 0 Å². The maximum Gasteiger partial charge on any atom is 0.413 e. The van der Waals surface area contributed by atoms with Crippen LogP contribution in [0.5, 0.6) is 0 Å². The molecule has 96 valence electrons. The van der Waals surface area contributed by atoms with Crippen LogP contribution < -0.4 is 10.8 Å². The van der Waals surface area contributed by atoms with Crippen LogP contribution >= 0.6 is 0 Å². The molecule has 16 heavy (non-hydrogen) atoms. The zero-order chi connectivity index (χ0) is 12.8. The molecule has 1 amide bonds. The fourth-order valence-corrected chi connectivity index (χ4v) is 0.772. The van der Waals surface area contributed by atoms with E-state index in [0.717, 1.165) is 6.42 Å². The third-order valence-corrected chi connectivity index (χ3v) is 1.89. The fraction of sp³-hybridized carbons (Fsp3) is 0.889. The van der Waals surface area contributed by atoms with Gasteiger partial charge in [0.05, 0.1) is 0 Å². The van der Waals surface area contributed by atoms with E-state index in [1.54, 1.807) is 6.92 Å². The van der Waals surface area contributed by atoms with Crippen LogP contribution in [0.1, 0.15) is 27.2 Å². The number of hydroxylamine groups is 1. The first-order valence-corrected chi connectivity index (χ1v) is 5.00. The number of halogens is 3. The summed E-state index contributed by atoms with van der Waals surface area (Å²) < 4.78 is 35.1. The van der Waals surface area contributed by atoms with Crippen molar-refractivity contribution in [3.05, 3.63) is 0 Å². The lowest BCUT2D eigenvalue weighted by molar-refractivity contribution is -0.193. The lowest BCUT2D eigenvalue weighted by Gasteiger charge is -2.17. The molecular weight excluding hydrogens is 225 g/mol. The monoisotopic (exact) mass is 242 g/mol. The summed E-state index contributed by atoms with van der Waals surface area (Å²) in [7, 11) is 0. The lowest BCUT2D eigenvalue weighted by Crippen LogP contribution is -2.46. The van der Waals surface area contributed by atoms with Crippen LogP contribution in [0.4, 0.5) is 13.2 Å². The van der Waals surface area contributed by atoms with E-state index < -0.39 is 24.7 Å². The van der Waals surface area contributed by atoms with E-state index in [-0.39, 0.29) is 6.04 Å². The van der Waals surface area contributed by atoms with Gasteiger partial charge in [0.2, 0.25) is 5.91 Å². The first-order valence-electron chi connectivity index (χ1n) is 5.00. The van der Waals surface area contributed by atoms with Crippen LogP contribution in [0, 0.1) is 0 Å². The van der Waals surface area contributed by atoms with Gasteiger partial charge in [0.1, 0.15) is 6.04 Å². The highest BCUT2D eigenvalue weighted by Gasteiger charge is 2.28. The van der Waals surface area contributed by atoms with Crippen LogP contribution in [0.2, 0.25) is 0 Å². The summed E-state index contributed by atoms with van der Waals surface area (Å²) in [6, 6.07) is -0.837. The molecule has 0 aliphatic carbocycles. The van der Waals surface area contributed by atoms with Crippen LogP contribution in [0.15, 0.2) is 0 Å². The van der Waals surface area contributed by atoms with Gasteiger partial charge in [0, 0.05) is 6.04 Å². The summed E-state index contributed by atoms with van der Waals surface area (Å²) in [5, 5.41) is 2.61. The fourth-order valence-electron chi connectivity index (χ4n) is 0.772. The summed E-state index contributed by atoms with van der Waals surface area (Å²) in [4.78, 5) is 15.5. The van der Waals surface area contributed by atoms with Crippen molar-refractivity contribution in [2.24, 2.45) is 0 Å². The number of alkyl halides is 3. The van der Waals surface area contributed by atoms with Crippen molar-refractivity contribution >= 4 is 5.91 Å². The molecule has 0 radical (unpaired) electrons. The van der Waals surface area contributed by atoms with Crippen LogP contribution in [-0.2, 0) is 9.63 Å². The van der Waals surface area contributed by atoms with Crippen molar-refractivity contribution < 1.29 is 22.8 Å². The van der Waals surface area contributed by atoms with E-state index in [0.29, 0.717) is 0 Å². The minimum absolute atomic E-state index is 0.0145. The molecule has 0 aromatic heterocycles. The molecule has 0 aromatic carbocycles. The lowest BCUT2D eigenvalue weighted by atomic mass is 10.2. The molecule has 0 spiro atoms. The van der Waals surface area contributed by atoms with Crippen LogP contribution in [0.25, 0.3) is 0 Å². The van der Waals surface area contributed by atoms with E-state index in [1.807, 2.05) is 12.4 Å². The molecule has 0 rings (SSSR count). The summed E-state index contributed by atoms with van der Waals surface area (Å²) in [5.41, 5.74) is 2.04. The second-order valence-corrected chi connectivity index (χ2v) is 3.56. The minimum atomic E-state index is -4.40. The van der Waals surface area contributed by atoms with Gasteiger partial charge >= 0.3 is 6.18 Å². The van der Waals surface area contributed by atoms with Crippen molar-refractivity contribution in [3.63, 3.8) is 0 Å². The van der Waals surface area contributed by atoms with E-state index in [4.69, 9.17) is 0 Å². The molecule has 0 bridgehead atoms. The smallest absolute Gasteiger partial charge is 0.352 e. The molecule has 0 heterocycles. The molecule has 0 aliphatic heterocycles. The Morgan fingerprint density at radius 2 is 1.94 bits per heavy atom. The predicted octanol–water partition coefficient (Wildman–Crippen LogP) is 1.37. The quantitative estimate of drug-likeness (QED) is 0.692. The largest absolute Gasteiger partial charge is 0.413 e. The Morgan fingerprint density at radius 1 is 1.38 bits per heavy atom. The molecule has 0 fully saturated rings. The normalized spacial score (nSPS) is 15.6. The third-order valence-electron chi connectivity index (χ3n) is 1.89. The zero-order valence-corrected chi connectivity index (χ0v) is 9.52. The predicted molar refractivity (Wildman–Crippen MR) is 52.5 cm³/mol. The SMILES string of the molecule is CCC(C)NC(=O)C(C)NOCC(F)(F)F. The average Bonchev–Trinajstić information content (AvgIpc) is 2.15. The molecule has 2 atom stereocenters. The van der Waals surface area contributed by atoms with Crippen LogP contribution in [0.3, 0.4) is 0 Å². The van der Waals surface area contributed by atoms with Crippen LogP contribution in [-0.4, -0.2) is 30.8 Å². The Kier molecular flexibility index (Phi) is 6.35. The van der Waals surface area contributed by atoms with Gasteiger partial charge in [-0.3, -0.25) is 9.63 Å². The number of carbonyl (C=O) groups excluding carboxylic acids is 1. The van der Waals surface area contributed by atoms with Crippen molar-refractivity contribution in [2.75, 3.05) is 6.61 Å². The first-order chi connectivity index (χ1) is 7.26. The second kappa shape index (κ2) is 6.70. The number of carbonyl (C=O) groups is 1. The molecule has 2 N–H and O–H groups in total. The number of nitrogens with one attached hydrogen (secondary N) is 2. The Balaban J connectivity index is 3.80. The van der Waals surface area contributed by atoms with Gasteiger partial charge < -0.3 is 5.32 Å². The standard InChI is InChI=1S/C9H17F3N2O2/c1-4-6(2)13-8(15)7(3)14-16-5-9(10,11)12/h6-7,14H,4-5H2,1-3H3,(H,13,15). The van der Waals surface area contributed by atoms with Gasteiger partial charge in [-0.05, 0) is 20.3 Å². The number of amides is 1. The van der Waals surface area contributed by atoms with Crippen molar-refractivity contribution in [2.45, 2.75) is 45.5 Å². The summed E-state index contributed by atoms with van der Waals surface area (Å²) in [6.45, 7) is 3.70. The molecule has 0 aromatic rings. The van der Waals surface area contributed by atoms with Crippen molar-refractivity contribution in [3.8, 4) is 0 Å². The van der Waals surface area contributed by atoms with Gasteiger partial charge in [-0.1, -0.05) is 6.92 Å². The zero-order valence-electron chi connectivity index (χ0n) is 9.52. The average molecular weight is 242 g/mol. The molecule has 7 heteroatoms. The molecule has 2 unspecified atom stereocenters. The summed E-state index contributed by atoms with van der Waals surface area (Å²) >= 11 is 0. The maximum atomic E-state index is 11.7. The molecular formula is C9H17F3N2O2. The Labute approximate surface area is 92.5 Å². The Hall–Kier alpha value is -0.820. The first kappa shape index (κ1) is 15.2. The summed E-state index contributed by atoms with van der Waals surface area (Å²) in [5.74, 6) is -0.392. The molecule has 0 saturated carbocycles. The molecule has 0 aliphatic rings. The second-order valence-electron chi connectivity index (χ2n) is 3.56. The Bertz CT molecular complexity index is 221. The van der Waals surface area contributed by atoms with Crippen molar-refractivity contribution in [1.29, 1.82) is 0 Å². The number of hydrogen-bond acceptors (Lipinski definition) is 3. The number of rotatable bonds is 6. The molecule has 0 saturated heterocycles. The molecule has 4 nitrogen and oxygen atoms in total. The van der Waals surface area contributed by atoms with Gasteiger partial charge in [-0.25, -0.2) is 0 Å². The maximum absolute atomic E-state index is 11.7. The highest BCUT2D eigenvalue weighted by atomic mass is 19.4. The minimum Gasteiger partial charge on any atom is -0.352 e. The highest BCUT2D eigenvalue weighted by Crippen LogP contribution is 2.13. The topological polar surface area (TPSA) is 50.4 Å².